The normalized spacial score (nSPS) is 12.8. The van der Waals surface area contributed by atoms with Crippen LogP contribution in [0.2, 0.25) is 0 Å². The van der Waals surface area contributed by atoms with Crippen LogP contribution in [0.3, 0.4) is 0 Å². The van der Waals surface area contributed by atoms with Crippen molar-refractivity contribution in [3.05, 3.63) is 60.0 Å². The average Bonchev–Trinajstić information content (AvgIpc) is 3.07. The Kier molecular flexibility index (Phi) is 2.99. The molecule has 0 atom stereocenters. The fourth-order valence-corrected chi connectivity index (χ4v) is 4.45. The lowest BCUT2D eigenvalue weighted by Crippen LogP contribution is -1.99. The Bertz CT molecular complexity index is 1170. The minimum atomic E-state index is 0.260. The maximum atomic E-state index is 7.95. The third-order valence-electron chi connectivity index (χ3n) is 4.41. The van der Waals surface area contributed by atoms with E-state index in [4.69, 9.17) is 20.6 Å². The van der Waals surface area contributed by atoms with Gasteiger partial charge in [0.25, 0.3) is 0 Å². The third kappa shape index (κ3) is 2.24. The summed E-state index contributed by atoms with van der Waals surface area (Å²) in [5, 5.41) is 9.59. The van der Waals surface area contributed by atoms with E-state index in [1.54, 1.807) is 11.3 Å². The summed E-state index contributed by atoms with van der Waals surface area (Å²) in [6, 6.07) is 17.8. The third-order valence-corrected chi connectivity index (χ3v) is 5.52. The Hall–Kier alpha value is -3.05. The average molecular weight is 346 g/mol. The summed E-state index contributed by atoms with van der Waals surface area (Å²) in [5.41, 5.74) is 10.0. The first kappa shape index (κ1) is 14.3. The number of rotatable bonds is 1. The number of fused-ring (bicyclic) bond motifs is 3. The van der Waals surface area contributed by atoms with Gasteiger partial charge in [0.2, 0.25) is 6.79 Å². The molecule has 25 heavy (non-hydrogen) atoms. The predicted octanol–water partition coefficient (Wildman–Crippen LogP) is 4.46. The van der Waals surface area contributed by atoms with E-state index in [2.05, 4.69) is 12.1 Å². The molecule has 0 bridgehead atoms. The molecular formula is C20H14N2O2S. The van der Waals surface area contributed by atoms with Gasteiger partial charge in [0, 0.05) is 26.2 Å². The lowest BCUT2D eigenvalue weighted by molar-refractivity contribution is 0.174. The largest absolute Gasteiger partial charge is 0.454 e. The molecule has 0 spiro atoms. The Morgan fingerprint density at radius 3 is 2.72 bits per heavy atom. The highest BCUT2D eigenvalue weighted by Crippen LogP contribution is 2.45. The Balaban J connectivity index is 1.90. The van der Waals surface area contributed by atoms with Crippen molar-refractivity contribution in [1.29, 1.82) is 5.41 Å². The fourth-order valence-electron chi connectivity index (χ4n) is 3.27. The summed E-state index contributed by atoms with van der Waals surface area (Å²) in [6.45, 7) is 0.260. The van der Waals surface area contributed by atoms with E-state index in [9.17, 15) is 0 Å². The minimum Gasteiger partial charge on any atom is -0.454 e. The van der Waals surface area contributed by atoms with E-state index in [1.807, 2.05) is 42.5 Å². The molecule has 2 heterocycles. The van der Waals surface area contributed by atoms with Gasteiger partial charge >= 0.3 is 0 Å². The van der Waals surface area contributed by atoms with Crippen LogP contribution in [0.25, 0.3) is 31.7 Å². The topological polar surface area (TPSA) is 68.3 Å². The molecule has 2 aromatic carbocycles. The van der Waals surface area contributed by atoms with Crippen molar-refractivity contribution < 1.29 is 9.47 Å². The molecule has 2 aliphatic heterocycles. The quantitative estimate of drug-likeness (QED) is 0.395. The van der Waals surface area contributed by atoms with Gasteiger partial charge in [-0.1, -0.05) is 18.2 Å². The summed E-state index contributed by atoms with van der Waals surface area (Å²) < 4.78 is 12.1. The summed E-state index contributed by atoms with van der Waals surface area (Å²) in [7, 11) is 0. The van der Waals surface area contributed by atoms with E-state index in [-0.39, 0.29) is 6.79 Å². The first-order valence-corrected chi connectivity index (χ1v) is 8.71. The van der Waals surface area contributed by atoms with Crippen LogP contribution < -0.4 is 20.6 Å². The zero-order valence-electron chi connectivity index (χ0n) is 13.2. The molecule has 0 unspecified atom stereocenters. The number of nitrogens with two attached hydrogens (primary N) is 1. The van der Waals surface area contributed by atoms with Crippen LogP contribution in [-0.2, 0) is 0 Å². The summed E-state index contributed by atoms with van der Waals surface area (Å²) in [5.74, 6) is 1.53. The van der Waals surface area contributed by atoms with Crippen LogP contribution in [0.1, 0.15) is 0 Å². The van der Waals surface area contributed by atoms with Crippen molar-refractivity contribution >= 4 is 27.1 Å². The molecule has 1 aliphatic carbocycles. The number of benzene rings is 3. The van der Waals surface area contributed by atoms with Gasteiger partial charge in [0.05, 0.1) is 5.36 Å². The molecular weight excluding hydrogens is 332 g/mol. The fraction of sp³-hybridized carbons (Fsp3) is 0.0500. The highest BCUT2D eigenvalue weighted by Gasteiger charge is 2.19. The summed E-state index contributed by atoms with van der Waals surface area (Å²) >= 11 is 1.66. The molecule has 0 fully saturated rings. The van der Waals surface area contributed by atoms with Gasteiger partial charge in [-0.15, -0.1) is 11.3 Å². The first-order chi connectivity index (χ1) is 12.2. The van der Waals surface area contributed by atoms with Gasteiger partial charge in [0.1, 0.15) is 0 Å². The van der Waals surface area contributed by atoms with E-state index in [1.165, 1.54) is 0 Å². The molecule has 3 aliphatic rings. The first-order valence-electron chi connectivity index (χ1n) is 7.90. The van der Waals surface area contributed by atoms with Gasteiger partial charge in [-0.2, -0.15) is 0 Å². The highest BCUT2D eigenvalue weighted by atomic mass is 32.1. The van der Waals surface area contributed by atoms with Crippen molar-refractivity contribution in [3.8, 4) is 33.1 Å². The lowest BCUT2D eigenvalue weighted by atomic mass is 9.95. The van der Waals surface area contributed by atoms with Gasteiger partial charge < -0.3 is 20.6 Å². The highest BCUT2D eigenvalue weighted by molar-refractivity contribution is 7.21. The minimum absolute atomic E-state index is 0.260. The molecule has 0 radical (unpaired) electrons. The number of hydrogen-bond donors (Lipinski definition) is 2. The van der Waals surface area contributed by atoms with Crippen LogP contribution in [0, 0.1) is 5.41 Å². The van der Waals surface area contributed by atoms with Gasteiger partial charge in [-0.25, -0.2) is 0 Å². The van der Waals surface area contributed by atoms with E-state index >= 15 is 0 Å². The molecule has 0 amide bonds. The number of nitrogen functional groups attached to an aromatic ring is 1. The molecule has 3 N–H and O–H groups in total. The van der Waals surface area contributed by atoms with Crippen LogP contribution >= 0.6 is 11.3 Å². The molecule has 5 heteroatoms. The van der Waals surface area contributed by atoms with Crippen LogP contribution in [-0.4, -0.2) is 6.79 Å². The molecule has 5 rings (SSSR count). The molecule has 0 saturated carbocycles. The lowest BCUT2D eigenvalue weighted by Gasteiger charge is -2.16. The Morgan fingerprint density at radius 1 is 0.920 bits per heavy atom. The second kappa shape index (κ2) is 5.22. The maximum Gasteiger partial charge on any atom is 0.231 e. The second-order valence-electron chi connectivity index (χ2n) is 6.01. The predicted molar refractivity (Wildman–Crippen MR) is 100 cm³/mol. The Morgan fingerprint density at radius 2 is 1.80 bits per heavy atom. The number of hydrogen-bond acceptors (Lipinski definition) is 5. The summed E-state index contributed by atoms with van der Waals surface area (Å²) in [4.78, 5) is 1.07. The molecule has 4 nitrogen and oxygen atoms in total. The van der Waals surface area contributed by atoms with Crippen molar-refractivity contribution in [3.63, 3.8) is 0 Å². The zero-order valence-corrected chi connectivity index (χ0v) is 14.0. The standard InChI is InChI=1S/C20H14N2O2S/c21-12-2-4-14-18(8-12)25-19-9-13(22)3-5-15(19)20(14)11-1-6-16-17(7-11)24-10-23-16/h1-9,21H,10,22H2. The summed E-state index contributed by atoms with van der Waals surface area (Å²) in [6.07, 6.45) is 0. The Labute approximate surface area is 147 Å². The monoisotopic (exact) mass is 346 g/mol. The van der Waals surface area contributed by atoms with Crippen LogP contribution in [0.5, 0.6) is 11.5 Å². The van der Waals surface area contributed by atoms with Crippen LogP contribution in [0.15, 0.2) is 54.6 Å². The molecule has 0 saturated heterocycles. The number of anilines is 1. The smallest absolute Gasteiger partial charge is 0.231 e. The molecule has 122 valence electrons. The molecule has 0 aromatic heterocycles. The number of nitrogens with one attached hydrogen (secondary N) is 1. The van der Waals surface area contributed by atoms with Gasteiger partial charge in [-0.05, 0) is 47.5 Å². The SMILES string of the molecule is N=c1ccc2c(-c3ccc4c(c3)OCO4)c3ccc(N)cc3sc-2c1. The van der Waals surface area contributed by atoms with E-state index in [0.717, 1.165) is 48.8 Å². The molecule has 2 aromatic rings. The maximum absolute atomic E-state index is 7.95. The van der Waals surface area contributed by atoms with Crippen molar-refractivity contribution in [1.82, 2.24) is 0 Å². The van der Waals surface area contributed by atoms with Gasteiger partial charge in [-0.3, -0.25) is 0 Å². The van der Waals surface area contributed by atoms with Gasteiger partial charge in [0.15, 0.2) is 11.5 Å². The van der Waals surface area contributed by atoms with E-state index in [0.29, 0.717) is 5.36 Å². The van der Waals surface area contributed by atoms with Crippen molar-refractivity contribution in [2.24, 2.45) is 0 Å². The van der Waals surface area contributed by atoms with Crippen molar-refractivity contribution in [2.75, 3.05) is 12.5 Å². The second-order valence-corrected chi connectivity index (χ2v) is 7.10. The van der Waals surface area contributed by atoms with E-state index < -0.39 is 0 Å². The zero-order chi connectivity index (χ0) is 17.0. The van der Waals surface area contributed by atoms with Crippen LogP contribution in [0.4, 0.5) is 5.69 Å². The number of ether oxygens (including phenoxy) is 2. The van der Waals surface area contributed by atoms with Crippen molar-refractivity contribution in [2.45, 2.75) is 0 Å².